The van der Waals surface area contributed by atoms with Crippen molar-refractivity contribution in [3.05, 3.63) is 72.8 Å². The Balaban J connectivity index is 0.00000225. The monoisotopic (exact) mass is 415 g/mol. The van der Waals surface area contributed by atoms with Crippen molar-refractivity contribution in [2.75, 3.05) is 11.6 Å². The molecule has 2 aromatic heterocycles. The molecular formula is C19H18ClN5O2S. The normalized spacial score (nSPS) is 11.2. The van der Waals surface area contributed by atoms with E-state index in [-0.39, 0.29) is 17.3 Å². The molecule has 0 saturated heterocycles. The zero-order chi connectivity index (χ0) is 18.9. The Bertz CT molecular complexity index is 1200. The van der Waals surface area contributed by atoms with E-state index in [4.69, 9.17) is 0 Å². The lowest BCUT2D eigenvalue weighted by Crippen LogP contribution is -2.07. The van der Waals surface area contributed by atoms with E-state index in [0.29, 0.717) is 29.2 Å². The van der Waals surface area contributed by atoms with Gasteiger partial charge in [-0.2, -0.15) is 4.98 Å². The van der Waals surface area contributed by atoms with Gasteiger partial charge in [0.1, 0.15) is 12.1 Å². The summed E-state index contributed by atoms with van der Waals surface area (Å²) in [4.78, 5) is 13.4. The summed E-state index contributed by atoms with van der Waals surface area (Å²) in [6, 6.07) is 14.8. The Morgan fingerprint density at radius 2 is 1.86 bits per heavy atom. The Morgan fingerprint density at radius 1 is 1.07 bits per heavy atom. The van der Waals surface area contributed by atoms with Gasteiger partial charge in [0, 0.05) is 30.6 Å². The highest BCUT2D eigenvalue weighted by molar-refractivity contribution is 7.90. The number of hydrogen-bond acceptors (Lipinski definition) is 6. The second kappa shape index (κ2) is 7.95. The molecule has 0 spiro atoms. The van der Waals surface area contributed by atoms with Crippen molar-refractivity contribution in [3.63, 3.8) is 0 Å². The first kappa shape index (κ1) is 19.8. The Morgan fingerprint density at radius 3 is 2.54 bits per heavy atom. The van der Waals surface area contributed by atoms with Crippen LogP contribution >= 0.6 is 12.4 Å². The Kier molecular flexibility index (Phi) is 5.62. The van der Waals surface area contributed by atoms with Crippen LogP contribution in [0.2, 0.25) is 0 Å². The third-order valence-corrected chi connectivity index (χ3v) is 5.23. The maximum atomic E-state index is 11.9. The van der Waals surface area contributed by atoms with Gasteiger partial charge in [-0.1, -0.05) is 30.3 Å². The summed E-state index contributed by atoms with van der Waals surface area (Å²) < 4.78 is 25.6. The summed E-state index contributed by atoms with van der Waals surface area (Å²) in [5.41, 5.74) is 1.74. The van der Waals surface area contributed by atoms with Gasteiger partial charge in [0.2, 0.25) is 5.95 Å². The van der Waals surface area contributed by atoms with Crippen LogP contribution in [-0.4, -0.2) is 34.2 Å². The van der Waals surface area contributed by atoms with E-state index in [9.17, 15) is 8.42 Å². The molecular weight excluding hydrogens is 398 g/mol. The Labute approximate surface area is 168 Å². The molecule has 0 fully saturated rings. The van der Waals surface area contributed by atoms with Crippen LogP contribution in [0.1, 0.15) is 5.56 Å². The number of rotatable bonds is 5. The van der Waals surface area contributed by atoms with Gasteiger partial charge in [-0.25, -0.2) is 18.4 Å². The zero-order valence-corrected chi connectivity index (χ0v) is 16.6. The molecule has 0 saturated carbocycles. The zero-order valence-electron chi connectivity index (χ0n) is 15.0. The van der Waals surface area contributed by atoms with Gasteiger partial charge in [-0.3, -0.25) is 4.57 Å². The minimum atomic E-state index is -3.33. The van der Waals surface area contributed by atoms with Crippen LogP contribution < -0.4 is 5.32 Å². The number of fused-ring (bicyclic) bond motifs is 1. The molecule has 7 nitrogen and oxygen atoms in total. The van der Waals surface area contributed by atoms with Crippen molar-refractivity contribution in [2.24, 2.45) is 0 Å². The van der Waals surface area contributed by atoms with Gasteiger partial charge in [0.05, 0.1) is 10.4 Å². The molecule has 0 amide bonds. The summed E-state index contributed by atoms with van der Waals surface area (Å²) in [6.07, 6.45) is 6.21. The highest BCUT2D eigenvalue weighted by atomic mass is 35.5. The molecule has 0 radical (unpaired) electrons. The fourth-order valence-electron chi connectivity index (χ4n) is 2.74. The molecule has 0 aliphatic carbocycles. The molecule has 28 heavy (non-hydrogen) atoms. The van der Waals surface area contributed by atoms with Crippen LogP contribution in [0.25, 0.3) is 16.9 Å². The summed E-state index contributed by atoms with van der Waals surface area (Å²) in [6.45, 7) is 0.555. The molecule has 2 aromatic carbocycles. The number of aromatic nitrogens is 4. The average molecular weight is 416 g/mol. The van der Waals surface area contributed by atoms with Gasteiger partial charge in [0.25, 0.3) is 0 Å². The van der Waals surface area contributed by atoms with Crippen LogP contribution in [0.4, 0.5) is 5.82 Å². The fraction of sp³-hybridized carbons (Fsp3) is 0.105. The second-order valence-corrected chi connectivity index (χ2v) is 8.15. The summed E-state index contributed by atoms with van der Waals surface area (Å²) in [7, 11) is -3.33. The van der Waals surface area contributed by atoms with Crippen molar-refractivity contribution < 1.29 is 8.42 Å². The highest BCUT2D eigenvalue weighted by Gasteiger charge is 2.13. The number of nitrogens with one attached hydrogen (secondary N) is 1. The lowest BCUT2D eigenvalue weighted by molar-refractivity contribution is 0.602. The number of nitrogens with zero attached hydrogens (tertiary/aromatic N) is 4. The number of imidazole rings is 1. The average Bonchev–Trinajstić information content (AvgIpc) is 3.20. The van der Waals surface area contributed by atoms with Crippen LogP contribution in [-0.2, 0) is 16.4 Å². The largest absolute Gasteiger partial charge is 0.365 e. The first-order valence-electron chi connectivity index (χ1n) is 8.29. The van der Waals surface area contributed by atoms with Crippen LogP contribution in [0.3, 0.4) is 0 Å². The molecule has 9 heteroatoms. The standard InChI is InChI=1S/C19H17N5O2S.ClH/c1-27(25,26)15-7-8-17-16(11-15)18(21-12-14-5-3-2-4-6-14)23-19(22-17)24-10-9-20-13-24;/h2-11,13H,12H2,1H3,(H,21,22,23);1H. The van der Waals surface area contributed by atoms with Crippen molar-refractivity contribution in [3.8, 4) is 5.95 Å². The van der Waals surface area contributed by atoms with Crippen LogP contribution in [0.15, 0.2) is 72.1 Å². The van der Waals surface area contributed by atoms with Gasteiger partial charge in [0.15, 0.2) is 9.84 Å². The summed E-state index contributed by atoms with van der Waals surface area (Å²) in [5, 5.41) is 3.96. The summed E-state index contributed by atoms with van der Waals surface area (Å²) >= 11 is 0. The lowest BCUT2D eigenvalue weighted by atomic mass is 10.2. The first-order chi connectivity index (χ1) is 13.0. The maximum Gasteiger partial charge on any atom is 0.237 e. The number of halogens is 1. The van der Waals surface area contributed by atoms with Crippen molar-refractivity contribution in [1.82, 2.24) is 19.5 Å². The lowest BCUT2D eigenvalue weighted by Gasteiger charge is -2.12. The minimum absolute atomic E-state index is 0. The van der Waals surface area contributed by atoms with E-state index in [0.717, 1.165) is 5.56 Å². The molecule has 1 N–H and O–H groups in total. The predicted molar refractivity (Wildman–Crippen MR) is 111 cm³/mol. The topological polar surface area (TPSA) is 89.8 Å². The third kappa shape index (κ3) is 4.13. The molecule has 0 aliphatic rings. The fourth-order valence-corrected chi connectivity index (χ4v) is 3.38. The second-order valence-electron chi connectivity index (χ2n) is 6.13. The number of sulfone groups is 1. The number of hydrogen-bond donors (Lipinski definition) is 1. The van der Waals surface area contributed by atoms with E-state index in [1.54, 1.807) is 41.5 Å². The summed E-state index contributed by atoms with van der Waals surface area (Å²) in [5.74, 6) is 1.03. The van der Waals surface area contributed by atoms with E-state index in [1.165, 1.54) is 6.26 Å². The molecule has 0 unspecified atom stereocenters. The SMILES string of the molecule is CS(=O)(=O)c1ccc2nc(-n3ccnc3)nc(NCc3ccccc3)c2c1.Cl. The smallest absolute Gasteiger partial charge is 0.237 e. The van der Waals surface area contributed by atoms with E-state index >= 15 is 0 Å². The predicted octanol–water partition coefficient (Wildman–Crippen LogP) is 3.25. The first-order valence-corrected chi connectivity index (χ1v) is 10.2. The molecule has 0 atom stereocenters. The molecule has 4 aromatic rings. The van der Waals surface area contributed by atoms with Crippen molar-refractivity contribution in [2.45, 2.75) is 11.4 Å². The van der Waals surface area contributed by atoms with E-state index in [2.05, 4.69) is 20.3 Å². The number of benzene rings is 2. The van der Waals surface area contributed by atoms with Crippen LogP contribution in [0, 0.1) is 0 Å². The van der Waals surface area contributed by atoms with Gasteiger partial charge >= 0.3 is 0 Å². The molecule has 2 heterocycles. The number of anilines is 1. The van der Waals surface area contributed by atoms with Gasteiger partial charge in [-0.05, 0) is 23.8 Å². The van der Waals surface area contributed by atoms with Gasteiger partial charge < -0.3 is 5.32 Å². The van der Waals surface area contributed by atoms with E-state index < -0.39 is 9.84 Å². The quantitative estimate of drug-likeness (QED) is 0.538. The van der Waals surface area contributed by atoms with Gasteiger partial charge in [-0.15, -0.1) is 12.4 Å². The molecule has 4 rings (SSSR count). The Hall–Kier alpha value is -2.97. The van der Waals surface area contributed by atoms with Crippen LogP contribution in [0.5, 0.6) is 0 Å². The minimum Gasteiger partial charge on any atom is -0.365 e. The van der Waals surface area contributed by atoms with Crippen molar-refractivity contribution in [1.29, 1.82) is 0 Å². The molecule has 144 valence electrons. The molecule has 0 bridgehead atoms. The molecule has 0 aliphatic heterocycles. The highest BCUT2D eigenvalue weighted by Crippen LogP contribution is 2.25. The maximum absolute atomic E-state index is 11.9. The third-order valence-electron chi connectivity index (χ3n) is 4.12. The van der Waals surface area contributed by atoms with E-state index in [1.807, 2.05) is 30.3 Å². The van der Waals surface area contributed by atoms with Crippen molar-refractivity contribution >= 4 is 39.0 Å².